The lowest BCUT2D eigenvalue weighted by Crippen LogP contribution is -2.30. The van der Waals surface area contributed by atoms with Crippen LogP contribution in [0.25, 0.3) is 0 Å². The van der Waals surface area contributed by atoms with Crippen LogP contribution in [0.5, 0.6) is 0 Å². The average Bonchev–Trinajstić information content (AvgIpc) is 2.15. The fourth-order valence-electron chi connectivity index (χ4n) is 2.39. The van der Waals surface area contributed by atoms with Crippen molar-refractivity contribution in [3.8, 4) is 0 Å². The predicted molar refractivity (Wildman–Crippen MR) is 62.8 cm³/mol. The molecule has 1 aromatic rings. The third kappa shape index (κ3) is 2.05. The monoisotopic (exact) mass is 204 g/mol. The molecule has 0 aromatic carbocycles. The zero-order valence-electron chi connectivity index (χ0n) is 9.93. The van der Waals surface area contributed by atoms with Gasteiger partial charge in [-0.3, -0.25) is 4.98 Å². The van der Waals surface area contributed by atoms with Crippen molar-refractivity contribution in [2.45, 2.75) is 52.0 Å². The average molecular weight is 204 g/mol. The van der Waals surface area contributed by atoms with Crippen LogP contribution in [0.2, 0.25) is 0 Å². The molecular formula is C13H20N2. The highest BCUT2D eigenvalue weighted by atomic mass is 14.8. The fourth-order valence-corrected chi connectivity index (χ4v) is 2.39. The highest BCUT2D eigenvalue weighted by molar-refractivity contribution is 5.35. The Morgan fingerprint density at radius 1 is 1.27 bits per heavy atom. The summed E-state index contributed by atoms with van der Waals surface area (Å²) in [7, 11) is 0. The third-order valence-corrected chi connectivity index (χ3v) is 3.19. The van der Waals surface area contributed by atoms with Crippen molar-refractivity contribution in [1.82, 2.24) is 4.98 Å². The molecule has 0 unspecified atom stereocenters. The minimum Gasteiger partial charge on any atom is -0.322 e. The van der Waals surface area contributed by atoms with Crippen LogP contribution >= 0.6 is 0 Å². The van der Waals surface area contributed by atoms with E-state index in [2.05, 4.69) is 13.0 Å². The van der Waals surface area contributed by atoms with Crippen LogP contribution in [0.3, 0.4) is 0 Å². The highest BCUT2D eigenvalue weighted by Crippen LogP contribution is 2.26. The Morgan fingerprint density at radius 3 is 2.60 bits per heavy atom. The van der Waals surface area contributed by atoms with E-state index in [0.29, 0.717) is 0 Å². The van der Waals surface area contributed by atoms with Crippen molar-refractivity contribution in [2.24, 2.45) is 5.73 Å². The fraction of sp³-hybridized carbons (Fsp3) is 0.615. The van der Waals surface area contributed by atoms with E-state index in [1.165, 1.54) is 36.1 Å². The Kier molecular flexibility index (Phi) is 2.55. The van der Waals surface area contributed by atoms with Gasteiger partial charge in [0.25, 0.3) is 0 Å². The van der Waals surface area contributed by atoms with E-state index in [9.17, 15) is 0 Å². The van der Waals surface area contributed by atoms with Gasteiger partial charge in [0, 0.05) is 16.9 Å². The SMILES string of the molecule is Cc1nc2c(cc1C(C)(C)N)CCCC2. The summed E-state index contributed by atoms with van der Waals surface area (Å²) in [5.41, 5.74) is 10.9. The molecule has 2 rings (SSSR count). The number of pyridine rings is 1. The van der Waals surface area contributed by atoms with E-state index < -0.39 is 0 Å². The second-order valence-electron chi connectivity index (χ2n) is 5.16. The minimum absolute atomic E-state index is 0.274. The van der Waals surface area contributed by atoms with E-state index >= 15 is 0 Å². The Labute approximate surface area is 91.9 Å². The second kappa shape index (κ2) is 3.60. The van der Waals surface area contributed by atoms with Gasteiger partial charge in [-0.25, -0.2) is 0 Å². The number of fused-ring (bicyclic) bond motifs is 1. The summed E-state index contributed by atoms with van der Waals surface area (Å²) in [5, 5.41) is 0. The molecule has 0 saturated carbocycles. The molecule has 0 bridgehead atoms. The van der Waals surface area contributed by atoms with Crippen LogP contribution in [0.4, 0.5) is 0 Å². The normalized spacial score (nSPS) is 16.3. The highest BCUT2D eigenvalue weighted by Gasteiger charge is 2.21. The Hall–Kier alpha value is -0.890. The van der Waals surface area contributed by atoms with Crippen molar-refractivity contribution in [3.05, 3.63) is 28.6 Å². The first-order valence-corrected chi connectivity index (χ1v) is 5.77. The number of hydrogen-bond donors (Lipinski definition) is 1. The number of aromatic nitrogens is 1. The standard InChI is InChI=1S/C13H20N2/c1-9-11(13(2,3)14)8-10-6-4-5-7-12(10)15-9/h8H,4-7,14H2,1-3H3. The first kappa shape index (κ1) is 10.6. The van der Waals surface area contributed by atoms with Gasteiger partial charge in [0.05, 0.1) is 0 Å². The molecule has 0 aliphatic heterocycles. The smallest absolute Gasteiger partial charge is 0.0438 e. The molecule has 15 heavy (non-hydrogen) atoms. The summed E-state index contributed by atoms with van der Waals surface area (Å²) < 4.78 is 0. The molecule has 0 spiro atoms. The Morgan fingerprint density at radius 2 is 1.93 bits per heavy atom. The molecular weight excluding hydrogens is 184 g/mol. The Balaban J connectivity index is 2.50. The molecule has 1 aromatic heterocycles. The topological polar surface area (TPSA) is 38.9 Å². The number of aryl methyl sites for hydroxylation is 3. The summed E-state index contributed by atoms with van der Waals surface area (Å²) in [4.78, 5) is 4.70. The minimum atomic E-state index is -0.274. The molecule has 0 atom stereocenters. The van der Waals surface area contributed by atoms with Gasteiger partial charge >= 0.3 is 0 Å². The van der Waals surface area contributed by atoms with Crippen molar-refractivity contribution >= 4 is 0 Å². The molecule has 82 valence electrons. The van der Waals surface area contributed by atoms with Crippen LogP contribution in [-0.4, -0.2) is 4.98 Å². The van der Waals surface area contributed by atoms with E-state index in [4.69, 9.17) is 10.7 Å². The molecule has 0 amide bonds. The van der Waals surface area contributed by atoms with Crippen LogP contribution in [0, 0.1) is 6.92 Å². The van der Waals surface area contributed by atoms with Gasteiger partial charge in [-0.05, 0) is 57.6 Å². The molecule has 2 heteroatoms. The van der Waals surface area contributed by atoms with Crippen molar-refractivity contribution in [2.75, 3.05) is 0 Å². The van der Waals surface area contributed by atoms with E-state index in [1.807, 2.05) is 13.8 Å². The largest absolute Gasteiger partial charge is 0.322 e. The van der Waals surface area contributed by atoms with Gasteiger partial charge in [-0.2, -0.15) is 0 Å². The maximum Gasteiger partial charge on any atom is 0.0438 e. The molecule has 0 radical (unpaired) electrons. The van der Waals surface area contributed by atoms with Gasteiger partial charge in [-0.1, -0.05) is 6.07 Å². The van der Waals surface area contributed by atoms with E-state index in [-0.39, 0.29) is 5.54 Å². The predicted octanol–water partition coefficient (Wildman–Crippen LogP) is 2.46. The number of nitrogens with zero attached hydrogens (tertiary/aromatic N) is 1. The van der Waals surface area contributed by atoms with E-state index in [0.717, 1.165) is 12.1 Å². The van der Waals surface area contributed by atoms with E-state index in [1.54, 1.807) is 0 Å². The van der Waals surface area contributed by atoms with Crippen LogP contribution in [0.15, 0.2) is 6.07 Å². The van der Waals surface area contributed by atoms with Gasteiger partial charge in [0.1, 0.15) is 0 Å². The molecule has 1 aliphatic rings. The van der Waals surface area contributed by atoms with Gasteiger partial charge < -0.3 is 5.73 Å². The Bertz CT molecular complexity index is 375. The van der Waals surface area contributed by atoms with Crippen molar-refractivity contribution in [3.63, 3.8) is 0 Å². The summed E-state index contributed by atoms with van der Waals surface area (Å²) >= 11 is 0. The van der Waals surface area contributed by atoms with Crippen LogP contribution in [-0.2, 0) is 18.4 Å². The van der Waals surface area contributed by atoms with Gasteiger partial charge in [0.15, 0.2) is 0 Å². The quantitative estimate of drug-likeness (QED) is 0.763. The van der Waals surface area contributed by atoms with Crippen LogP contribution in [0.1, 0.15) is 49.2 Å². The molecule has 0 fully saturated rings. The lowest BCUT2D eigenvalue weighted by atomic mass is 9.88. The molecule has 2 nitrogen and oxygen atoms in total. The van der Waals surface area contributed by atoms with Crippen molar-refractivity contribution in [1.29, 1.82) is 0 Å². The maximum atomic E-state index is 6.15. The summed E-state index contributed by atoms with van der Waals surface area (Å²) in [5.74, 6) is 0. The first-order chi connectivity index (χ1) is 6.98. The molecule has 1 heterocycles. The summed E-state index contributed by atoms with van der Waals surface area (Å²) in [6.45, 7) is 6.16. The van der Waals surface area contributed by atoms with Crippen LogP contribution < -0.4 is 5.73 Å². The zero-order valence-corrected chi connectivity index (χ0v) is 9.93. The zero-order chi connectivity index (χ0) is 11.1. The number of rotatable bonds is 1. The van der Waals surface area contributed by atoms with Gasteiger partial charge in [-0.15, -0.1) is 0 Å². The number of nitrogens with two attached hydrogens (primary N) is 1. The first-order valence-electron chi connectivity index (χ1n) is 5.77. The number of hydrogen-bond acceptors (Lipinski definition) is 2. The molecule has 0 saturated heterocycles. The third-order valence-electron chi connectivity index (χ3n) is 3.19. The lowest BCUT2D eigenvalue weighted by Gasteiger charge is -2.25. The summed E-state index contributed by atoms with van der Waals surface area (Å²) in [6, 6.07) is 2.27. The summed E-state index contributed by atoms with van der Waals surface area (Å²) in [6.07, 6.45) is 4.89. The molecule has 2 N–H and O–H groups in total. The molecule has 1 aliphatic carbocycles. The van der Waals surface area contributed by atoms with Crippen molar-refractivity contribution < 1.29 is 0 Å². The lowest BCUT2D eigenvalue weighted by molar-refractivity contribution is 0.542. The maximum absolute atomic E-state index is 6.15. The second-order valence-corrected chi connectivity index (χ2v) is 5.16. The van der Waals surface area contributed by atoms with Gasteiger partial charge in [0.2, 0.25) is 0 Å².